The number of carbonyl (C=O) groups excluding carboxylic acids is 2. The third kappa shape index (κ3) is 5.03. The number of rotatable bonds is 7. The van der Waals surface area contributed by atoms with Gasteiger partial charge in [0.1, 0.15) is 0 Å². The lowest BCUT2D eigenvalue weighted by Crippen LogP contribution is -2.26. The van der Waals surface area contributed by atoms with Crippen LogP contribution < -0.4 is 10.6 Å². The Hall–Kier alpha value is -1.84. The van der Waals surface area contributed by atoms with Gasteiger partial charge >= 0.3 is 0 Å². The summed E-state index contributed by atoms with van der Waals surface area (Å²) >= 11 is 0. The van der Waals surface area contributed by atoms with E-state index >= 15 is 0 Å². The molecule has 0 radical (unpaired) electrons. The van der Waals surface area contributed by atoms with Crippen molar-refractivity contribution in [1.82, 2.24) is 5.32 Å². The molecule has 4 heteroatoms. The summed E-state index contributed by atoms with van der Waals surface area (Å²) in [6.45, 7) is 2.06. The lowest BCUT2D eigenvalue weighted by atomic mass is 10.1. The van der Waals surface area contributed by atoms with Crippen molar-refractivity contribution in [3.8, 4) is 0 Å². The SMILES string of the molecule is CCCCC(=O)Nc1ccc(CC(=O)NC2CC2)cc1. The van der Waals surface area contributed by atoms with Crippen molar-refractivity contribution in [2.75, 3.05) is 5.32 Å². The monoisotopic (exact) mass is 274 g/mol. The Balaban J connectivity index is 1.79. The van der Waals surface area contributed by atoms with Gasteiger partial charge in [-0.2, -0.15) is 0 Å². The van der Waals surface area contributed by atoms with Crippen LogP contribution in [0.4, 0.5) is 5.69 Å². The Bertz CT molecular complexity index is 464. The topological polar surface area (TPSA) is 58.2 Å². The predicted octanol–water partition coefficient (Wildman–Crippen LogP) is 2.64. The van der Waals surface area contributed by atoms with Crippen LogP contribution in [0.3, 0.4) is 0 Å². The highest BCUT2D eigenvalue weighted by Gasteiger charge is 2.22. The Morgan fingerprint density at radius 3 is 2.45 bits per heavy atom. The minimum atomic E-state index is 0.0473. The number of benzene rings is 1. The van der Waals surface area contributed by atoms with Gasteiger partial charge < -0.3 is 10.6 Å². The van der Waals surface area contributed by atoms with Crippen molar-refractivity contribution < 1.29 is 9.59 Å². The van der Waals surface area contributed by atoms with Gasteiger partial charge in [-0.3, -0.25) is 9.59 Å². The van der Waals surface area contributed by atoms with E-state index in [1.54, 1.807) is 0 Å². The number of hydrogen-bond donors (Lipinski definition) is 2. The van der Waals surface area contributed by atoms with Crippen LogP contribution in [-0.2, 0) is 16.0 Å². The highest BCUT2D eigenvalue weighted by molar-refractivity contribution is 5.90. The minimum absolute atomic E-state index is 0.0473. The number of carbonyl (C=O) groups is 2. The lowest BCUT2D eigenvalue weighted by molar-refractivity contribution is -0.120. The third-order valence-corrected chi connectivity index (χ3v) is 3.30. The first-order valence-corrected chi connectivity index (χ1v) is 7.35. The summed E-state index contributed by atoms with van der Waals surface area (Å²) in [5, 5.41) is 5.82. The molecule has 2 N–H and O–H groups in total. The predicted molar refractivity (Wildman–Crippen MR) is 79.5 cm³/mol. The van der Waals surface area contributed by atoms with Crippen LogP contribution in [0.2, 0.25) is 0 Å². The highest BCUT2D eigenvalue weighted by atomic mass is 16.2. The average molecular weight is 274 g/mol. The molecule has 108 valence electrons. The number of unbranched alkanes of at least 4 members (excludes halogenated alkanes) is 1. The molecule has 2 amide bonds. The summed E-state index contributed by atoms with van der Waals surface area (Å²) in [5.41, 5.74) is 1.76. The number of amides is 2. The second kappa shape index (κ2) is 7.08. The molecule has 1 aromatic carbocycles. The first-order valence-electron chi connectivity index (χ1n) is 7.35. The van der Waals surface area contributed by atoms with Crippen LogP contribution in [0, 0.1) is 0 Å². The van der Waals surface area contributed by atoms with Gasteiger partial charge in [-0.15, -0.1) is 0 Å². The van der Waals surface area contributed by atoms with Crippen LogP contribution in [0.15, 0.2) is 24.3 Å². The fourth-order valence-electron chi connectivity index (χ4n) is 1.96. The van der Waals surface area contributed by atoms with E-state index in [1.165, 1.54) is 0 Å². The Kier molecular flexibility index (Phi) is 5.16. The molecule has 1 aliphatic rings. The molecule has 0 aromatic heterocycles. The van der Waals surface area contributed by atoms with E-state index in [1.807, 2.05) is 24.3 Å². The fourth-order valence-corrected chi connectivity index (χ4v) is 1.96. The molecule has 20 heavy (non-hydrogen) atoms. The summed E-state index contributed by atoms with van der Waals surface area (Å²) in [6.07, 6.45) is 5.10. The average Bonchev–Trinajstić information content (AvgIpc) is 3.22. The molecular weight excluding hydrogens is 252 g/mol. The zero-order valence-electron chi connectivity index (χ0n) is 11.9. The van der Waals surface area contributed by atoms with E-state index in [-0.39, 0.29) is 11.8 Å². The molecule has 1 fully saturated rings. The van der Waals surface area contributed by atoms with Gasteiger partial charge in [0.05, 0.1) is 6.42 Å². The largest absolute Gasteiger partial charge is 0.353 e. The van der Waals surface area contributed by atoms with Gasteiger partial charge in [0.25, 0.3) is 0 Å². The minimum Gasteiger partial charge on any atom is -0.353 e. The molecule has 0 atom stereocenters. The van der Waals surface area contributed by atoms with Gasteiger partial charge in [0.2, 0.25) is 11.8 Å². The van der Waals surface area contributed by atoms with Crippen molar-refractivity contribution in [1.29, 1.82) is 0 Å². The maximum Gasteiger partial charge on any atom is 0.224 e. The maximum atomic E-state index is 11.7. The molecule has 4 nitrogen and oxygen atoms in total. The lowest BCUT2D eigenvalue weighted by Gasteiger charge is -2.07. The zero-order valence-corrected chi connectivity index (χ0v) is 11.9. The molecule has 1 saturated carbocycles. The van der Waals surface area contributed by atoms with Crippen molar-refractivity contribution in [3.63, 3.8) is 0 Å². The molecule has 0 spiro atoms. The maximum absolute atomic E-state index is 11.7. The fraction of sp³-hybridized carbons (Fsp3) is 0.500. The number of nitrogens with one attached hydrogen (secondary N) is 2. The number of hydrogen-bond acceptors (Lipinski definition) is 2. The van der Waals surface area contributed by atoms with Crippen molar-refractivity contribution in [2.45, 2.75) is 51.5 Å². The van der Waals surface area contributed by atoms with Gasteiger partial charge in [-0.1, -0.05) is 25.5 Å². The molecule has 0 bridgehead atoms. The first-order chi connectivity index (χ1) is 9.67. The molecule has 0 heterocycles. The Morgan fingerprint density at radius 2 is 1.85 bits per heavy atom. The van der Waals surface area contributed by atoms with E-state index < -0.39 is 0 Å². The van der Waals surface area contributed by atoms with E-state index in [0.717, 1.165) is 36.9 Å². The van der Waals surface area contributed by atoms with Crippen LogP contribution >= 0.6 is 0 Å². The second-order valence-corrected chi connectivity index (χ2v) is 5.37. The first kappa shape index (κ1) is 14.6. The normalized spacial score (nSPS) is 13.8. The van der Waals surface area contributed by atoms with Gasteiger partial charge in [-0.25, -0.2) is 0 Å². The van der Waals surface area contributed by atoms with E-state index in [2.05, 4.69) is 17.6 Å². The summed E-state index contributed by atoms with van der Waals surface area (Å²) in [5.74, 6) is 0.123. The summed E-state index contributed by atoms with van der Waals surface area (Å²) < 4.78 is 0. The van der Waals surface area contributed by atoms with Gasteiger partial charge in [0.15, 0.2) is 0 Å². The number of anilines is 1. The van der Waals surface area contributed by atoms with Crippen LogP contribution in [0.5, 0.6) is 0 Å². The third-order valence-electron chi connectivity index (χ3n) is 3.30. The van der Waals surface area contributed by atoms with E-state index in [0.29, 0.717) is 18.9 Å². The second-order valence-electron chi connectivity index (χ2n) is 5.37. The molecule has 0 aliphatic heterocycles. The van der Waals surface area contributed by atoms with Crippen LogP contribution in [0.25, 0.3) is 0 Å². The van der Waals surface area contributed by atoms with Crippen molar-refractivity contribution >= 4 is 17.5 Å². The zero-order chi connectivity index (χ0) is 14.4. The van der Waals surface area contributed by atoms with E-state index in [9.17, 15) is 9.59 Å². The highest BCUT2D eigenvalue weighted by Crippen LogP contribution is 2.19. The smallest absolute Gasteiger partial charge is 0.224 e. The summed E-state index contributed by atoms with van der Waals surface area (Å²) in [7, 11) is 0. The van der Waals surface area contributed by atoms with Crippen LogP contribution in [0.1, 0.15) is 44.6 Å². The summed E-state index contributed by atoms with van der Waals surface area (Å²) in [6, 6.07) is 7.89. The van der Waals surface area contributed by atoms with Crippen LogP contribution in [-0.4, -0.2) is 17.9 Å². The quantitative estimate of drug-likeness (QED) is 0.803. The standard InChI is InChI=1S/C16H22N2O2/c1-2-3-4-15(19)17-13-7-5-12(6-8-13)11-16(20)18-14-9-10-14/h5-8,14H,2-4,9-11H2,1H3,(H,17,19)(H,18,20). The van der Waals surface area contributed by atoms with Crippen molar-refractivity contribution in [2.24, 2.45) is 0 Å². The molecule has 0 unspecified atom stereocenters. The summed E-state index contributed by atoms with van der Waals surface area (Å²) in [4.78, 5) is 23.2. The van der Waals surface area contributed by atoms with Gasteiger partial charge in [0, 0.05) is 18.2 Å². The molecule has 0 saturated heterocycles. The Morgan fingerprint density at radius 1 is 1.15 bits per heavy atom. The molecule has 1 aliphatic carbocycles. The van der Waals surface area contributed by atoms with E-state index in [4.69, 9.17) is 0 Å². The van der Waals surface area contributed by atoms with Gasteiger partial charge in [-0.05, 0) is 37.0 Å². The molecular formula is C16H22N2O2. The Labute approximate surface area is 119 Å². The van der Waals surface area contributed by atoms with Crippen molar-refractivity contribution in [3.05, 3.63) is 29.8 Å². The molecule has 1 aromatic rings. The molecule has 2 rings (SSSR count).